The van der Waals surface area contributed by atoms with Gasteiger partial charge in [-0.3, -0.25) is 9.10 Å². The Hall–Kier alpha value is -2.59. The predicted octanol–water partition coefficient (Wildman–Crippen LogP) is 2.75. The van der Waals surface area contributed by atoms with Gasteiger partial charge in [-0.1, -0.05) is 13.0 Å². The van der Waals surface area contributed by atoms with Gasteiger partial charge >= 0.3 is 5.97 Å². The van der Waals surface area contributed by atoms with Crippen LogP contribution in [-0.4, -0.2) is 58.5 Å². The first-order valence-electron chi connectivity index (χ1n) is 9.96. The van der Waals surface area contributed by atoms with Crippen LogP contribution in [0, 0.1) is 5.92 Å². The van der Waals surface area contributed by atoms with Crippen molar-refractivity contribution in [3.05, 3.63) is 41.8 Å². The van der Waals surface area contributed by atoms with E-state index in [1.165, 1.54) is 11.4 Å². The van der Waals surface area contributed by atoms with Crippen LogP contribution in [0.3, 0.4) is 0 Å². The molecule has 1 aromatic heterocycles. The van der Waals surface area contributed by atoms with E-state index < -0.39 is 16.0 Å². The summed E-state index contributed by atoms with van der Waals surface area (Å²) in [6.45, 7) is 2.85. The molecule has 1 aliphatic rings. The first-order valence-corrected chi connectivity index (χ1v) is 12.3. The van der Waals surface area contributed by atoms with Crippen molar-refractivity contribution in [1.82, 2.24) is 4.90 Å². The van der Waals surface area contributed by atoms with Gasteiger partial charge in [-0.05, 0) is 54.5 Å². The Morgan fingerprint density at radius 2 is 1.94 bits per heavy atom. The number of carbonyl (C=O) groups is 2. The Morgan fingerprint density at radius 3 is 2.58 bits per heavy atom. The summed E-state index contributed by atoms with van der Waals surface area (Å²) >= 11 is 1.15. The van der Waals surface area contributed by atoms with Crippen molar-refractivity contribution >= 4 is 38.9 Å². The molecule has 1 fully saturated rings. The van der Waals surface area contributed by atoms with E-state index in [9.17, 15) is 18.0 Å². The SMILES string of the molecule is CC1CCCN(C(=O)COC(=O)COc2ccc(N(C)S(=O)(=O)c3cccs3)cc2)C1. The van der Waals surface area contributed by atoms with Gasteiger partial charge in [-0.15, -0.1) is 11.3 Å². The van der Waals surface area contributed by atoms with Gasteiger partial charge in [0.1, 0.15) is 9.96 Å². The Balaban J connectivity index is 1.46. The molecule has 1 saturated heterocycles. The third-order valence-electron chi connectivity index (χ3n) is 5.03. The van der Waals surface area contributed by atoms with Gasteiger partial charge in [-0.2, -0.15) is 0 Å². The minimum Gasteiger partial charge on any atom is -0.482 e. The maximum Gasteiger partial charge on any atom is 0.344 e. The van der Waals surface area contributed by atoms with Gasteiger partial charge in [0.2, 0.25) is 0 Å². The molecule has 0 radical (unpaired) electrons. The molecule has 1 aromatic carbocycles. The van der Waals surface area contributed by atoms with E-state index in [1.54, 1.807) is 46.7 Å². The van der Waals surface area contributed by atoms with E-state index >= 15 is 0 Å². The van der Waals surface area contributed by atoms with Crippen LogP contribution in [-0.2, 0) is 24.3 Å². The zero-order valence-electron chi connectivity index (χ0n) is 17.5. The number of anilines is 1. The number of ether oxygens (including phenoxy) is 2. The van der Waals surface area contributed by atoms with E-state index in [2.05, 4.69) is 6.92 Å². The molecule has 0 aliphatic carbocycles. The summed E-state index contributed by atoms with van der Waals surface area (Å²) in [6, 6.07) is 9.56. The number of benzene rings is 1. The first kappa shape index (κ1) is 23.1. The number of thiophene rings is 1. The normalized spacial score (nSPS) is 16.6. The molecule has 1 unspecified atom stereocenters. The summed E-state index contributed by atoms with van der Waals surface area (Å²) in [5.41, 5.74) is 0.463. The van der Waals surface area contributed by atoms with E-state index in [0.29, 0.717) is 30.4 Å². The second kappa shape index (κ2) is 10.1. The largest absolute Gasteiger partial charge is 0.482 e. The molecular formula is C21H26N2O6S2. The molecule has 2 heterocycles. The average Bonchev–Trinajstić information content (AvgIpc) is 3.32. The molecule has 3 rings (SSSR count). The highest BCUT2D eigenvalue weighted by Crippen LogP contribution is 2.26. The monoisotopic (exact) mass is 466 g/mol. The minimum absolute atomic E-state index is 0.195. The molecule has 168 valence electrons. The van der Waals surface area contributed by atoms with Gasteiger partial charge in [0.25, 0.3) is 15.9 Å². The lowest BCUT2D eigenvalue weighted by molar-refractivity contribution is -0.154. The van der Waals surface area contributed by atoms with E-state index in [4.69, 9.17) is 9.47 Å². The maximum atomic E-state index is 12.6. The summed E-state index contributed by atoms with van der Waals surface area (Å²) in [5, 5.41) is 1.71. The van der Waals surface area contributed by atoms with Gasteiger partial charge < -0.3 is 14.4 Å². The zero-order chi connectivity index (χ0) is 22.4. The van der Waals surface area contributed by atoms with Crippen molar-refractivity contribution in [2.45, 2.75) is 24.0 Å². The second-order valence-corrected chi connectivity index (χ2v) is 10.6. The molecule has 1 amide bonds. The third-order valence-corrected chi connectivity index (χ3v) is 8.19. The quantitative estimate of drug-likeness (QED) is 0.556. The molecule has 0 spiro atoms. The molecule has 0 saturated carbocycles. The molecule has 31 heavy (non-hydrogen) atoms. The molecular weight excluding hydrogens is 440 g/mol. The smallest absolute Gasteiger partial charge is 0.344 e. The van der Waals surface area contributed by atoms with Crippen molar-refractivity contribution in [2.24, 2.45) is 5.92 Å². The lowest BCUT2D eigenvalue weighted by atomic mass is 10.0. The number of piperidine rings is 1. The number of rotatable bonds is 8. The van der Waals surface area contributed by atoms with Crippen LogP contribution in [0.5, 0.6) is 5.75 Å². The van der Waals surface area contributed by atoms with Gasteiger partial charge in [-0.25, -0.2) is 13.2 Å². The molecule has 0 bridgehead atoms. The Labute approximate surface area is 186 Å². The van der Waals surface area contributed by atoms with Crippen molar-refractivity contribution in [3.8, 4) is 5.75 Å². The lowest BCUT2D eigenvalue weighted by Crippen LogP contribution is -2.41. The Kier molecular flexibility index (Phi) is 7.55. The number of esters is 1. The molecule has 0 N–H and O–H groups in total. The van der Waals surface area contributed by atoms with Crippen LogP contribution < -0.4 is 9.04 Å². The summed E-state index contributed by atoms with van der Waals surface area (Å²) in [6.07, 6.45) is 2.07. The highest BCUT2D eigenvalue weighted by molar-refractivity contribution is 7.94. The molecule has 1 atom stereocenters. The molecule has 8 nitrogen and oxygen atoms in total. The predicted molar refractivity (Wildman–Crippen MR) is 118 cm³/mol. The maximum absolute atomic E-state index is 12.6. The number of hydrogen-bond acceptors (Lipinski definition) is 7. The average molecular weight is 467 g/mol. The van der Waals surface area contributed by atoms with Gasteiger partial charge in [0, 0.05) is 20.1 Å². The number of hydrogen-bond donors (Lipinski definition) is 0. The topological polar surface area (TPSA) is 93.2 Å². The number of carbonyl (C=O) groups excluding carboxylic acids is 2. The van der Waals surface area contributed by atoms with Crippen molar-refractivity contribution in [3.63, 3.8) is 0 Å². The fraction of sp³-hybridized carbons (Fsp3) is 0.429. The highest BCUT2D eigenvalue weighted by Gasteiger charge is 2.23. The lowest BCUT2D eigenvalue weighted by Gasteiger charge is -2.30. The Morgan fingerprint density at radius 1 is 1.19 bits per heavy atom. The molecule has 2 aromatic rings. The zero-order valence-corrected chi connectivity index (χ0v) is 19.2. The number of likely N-dealkylation sites (tertiary alicyclic amines) is 1. The molecule has 10 heteroatoms. The third kappa shape index (κ3) is 5.98. The van der Waals surface area contributed by atoms with Crippen molar-refractivity contribution in [2.75, 3.05) is 37.7 Å². The van der Waals surface area contributed by atoms with Crippen LogP contribution in [0.2, 0.25) is 0 Å². The fourth-order valence-corrected chi connectivity index (χ4v) is 5.63. The van der Waals surface area contributed by atoms with E-state index in [0.717, 1.165) is 24.2 Å². The van der Waals surface area contributed by atoms with E-state index in [1.807, 2.05) is 0 Å². The highest BCUT2D eigenvalue weighted by atomic mass is 32.2. The summed E-state index contributed by atoms with van der Waals surface area (Å²) in [5.74, 6) is 0.0111. The molecule has 1 aliphatic heterocycles. The minimum atomic E-state index is -3.61. The van der Waals surface area contributed by atoms with Crippen LogP contribution in [0.1, 0.15) is 19.8 Å². The summed E-state index contributed by atoms with van der Waals surface area (Å²) in [7, 11) is -2.14. The van der Waals surface area contributed by atoms with Crippen molar-refractivity contribution < 1.29 is 27.5 Å². The van der Waals surface area contributed by atoms with Crippen LogP contribution >= 0.6 is 11.3 Å². The number of nitrogens with zero attached hydrogens (tertiary/aromatic N) is 2. The number of sulfonamides is 1. The summed E-state index contributed by atoms with van der Waals surface area (Å²) < 4.78 is 37.0. The standard InChI is InChI=1S/C21H26N2O6S2/c1-16-5-3-11-23(13-16)19(24)14-29-20(25)15-28-18-9-7-17(8-10-18)22(2)31(26,27)21-6-4-12-30-21/h4,6-10,12,16H,3,5,11,13-15H2,1-2H3. The fourth-order valence-electron chi connectivity index (χ4n) is 3.27. The van der Waals surface area contributed by atoms with Crippen molar-refractivity contribution in [1.29, 1.82) is 0 Å². The van der Waals surface area contributed by atoms with Gasteiger partial charge in [0.15, 0.2) is 13.2 Å². The van der Waals surface area contributed by atoms with Crippen LogP contribution in [0.4, 0.5) is 5.69 Å². The summed E-state index contributed by atoms with van der Waals surface area (Å²) in [4.78, 5) is 25.8. The first-order chi connectivity index (χ1) is 14.8. The Bertz CT molecular complexity index is 989. The van der Waals surface area contributed by atoms with Gasteiger partial charge in [0.05, 0.1) is 5.69 Å². The van der Waals surface area contributed by atoms with E-state index in [-0.39, 0.29) is 23.3 Å². The second-order valence-electron chi connectivity index (χ2n) is 7.44. The van der Waals surface area contributed by atoms with Crippen LogP contribution in [0.15, 0.2) is 46.0 Å². The van der Waals surface area contributed by atoms with Crippen LogP contribution in [0.25, 0.3) is 0 Å². The number of amides is 1.